The van der Waals surface area contributed by atoms with Gasteiger partial charge in [0.05, 0.1) is 25.4 Å². The van der Waals surface area contributed by atoms with E-state index in [1.807, 2.05) is 6.92 Å². The van der Waals surface area contributed by atoms with Crippen LogP contribution in [0.3, 0.4) is 0 Å². The van der Waals surface area contributed by atoms with Crippen molar-refractivity contribution >= 4 is 11.9 Å². The maximum absolute atomic E-state index is 11.4. The number of hydrogen-bond donors (Lipinski definition) is 3. The molecule has 2 saturated carbocycles. The average molecular weight is 378 g/mol. The Morgan fingerprint density at radius 1 is 1.33 bits per heavy atom. The van der Waals surface area contributed by atoms with Crippen molar-refractivity contribution in [2.45, 2.75) is 45.6 Å². The molecule has 150 valence electrons. The van der Waals surface area contributed by atoms with Crippen LogP contribution in [0, 0.1) is 22.7 Å². The van der Waals surface area contributed by atoms with Crippen molar-refractivity contribution in [3.8, 4) is 0 Å². The molecule has 2 fully saturated rings. The summed E-state index contributed by atoms with van der Waals surface area (Å²) in [6, 6.07) is 0. The van der Waals surface area contributed by atoms with E-state index >= 15 is 0 Å². The largest absolute Gasteiger partial charge is 0.478 e. The molecular weight excluding hydrogens is 348 g/mol. The predicted octanol–water partition coefficient (Wildman–Crippen LogP) is 2.47. The van der Waals surface area contributed by atoms with Gasteiger partial charge >= 0.3 is 11.9 Å². The zero-order valence-electron chi connectivity index (χ0n) is 16.3. The van der Waals surface area contributed by atoms with Gasteiger partial charge in [0.1, 0.15) is 0 Å². The summed E-state index contributed by atoms with van der Waals surface area (Å²) < 4.78 is 4.52. The minimum Gasteiger partial charge on any atom is -0.478 e. The van der Waals surface area contributed by atoms with E-state index in [-0.39, 0.29) is 29.4 Å². The van der Waals surface area contributed by atoms with Crippen molar-refractivity contribution in [3.63, 3.8) is 0 Å². The number of rotatable bonds is 5. The molecule has 2 rings (SSSR count). The summed E-state index contributed by atoms with van der Waals surface area (Å²) >= 11 is 0. The predicted molar refractivity (Wildman–Crippen MR) is 101 cm³/mol. The van der Waals surface area contributed by atoms with Crippen LogP contribution in [0.15, 0.2) is 36.0 Å². The lowest BCUT2D eigenvalue weighted by atomic mass is 9.46. The second-order valence-electron chi connectivity index (χ2n) is 8.24. The lowest BCUT2D eigenvalue weighted by Gasteiger charge is -2.59. The maximum atomic E-state index is 11.4. The van der Waals surface area contributed by atoms with Crippen molar-refractivity contribution in [1.82, 2.24) is 0 Å². The standard InChI is InChI=1S/C21H30O6/c1-13-5-8-16-20(2,10-9-17(23)21(16,3)12-22)15(13)7-6-14(19(25)26)11-18(24)27-4/h6-7,11,15-17,22-23H,1,5,8-10,12H2,2-4H3,(H,25,26)/b7-6+,14-11-/t15-,16+,17-,20+,21+/m1/s1. The van der Waals surface area contributed by atoms with E-state index in [0.717, 1.165) is 30.9 Å². The van der Waals surface area contributed by atoms with E-state index in [1.54, 1.807) is 6.08 Å². The zero-order chi connectivity index (χ0) is 20.4. The molecule has 0 radical (unpaired) electrons. The first-order chi connectivity index (χ1) is 12.6. The molecule has 0 amide bonds. The van der Waals surface area contributed by atoms with E-state index in [1.165, 1.54) is 13.2 Å². The number of allylic oxidation sites excluding steroid dienone is 2. The number of fused-ring (bicyclic) bond motifs is 1. The van der Waals surface area contributed by atoms with Gasteiger partial charge in [0.2, 0.25) is 0 Å². The molecule has 0 heterocycles. The van der Waals surface area contributed by atoms with Gasteiger partial charge in [-0.05, 0) is 37.0 Å². The first kappa shape index (κ1) is 21.4. The average Bonchev–Trinajstić information content (AvgIpc) is 2.63. The van der Waals surface area contributed by atoms with Crippen LogP contribution in [0.1, 0.15) is 39.5 Å². The van der Waals surface area contributed by atoms with Gasteiger partial charge in [-0.2, -0.15) is 0 Å². The zero-order valence-corrected chi connectivity index (χ0v) is 16.3. The Hall–Kier alpha value is -1.92. The topological polar surface area (TPSA) is 104 Å². The molecule has 0 aromatic carbocycles. The van der Waals surface area contributed by atoms with Crippen LogP contribution < -0.4 is 0 Å². The van der Waals surface area contributed by atoms with E-state index in [9.17, 15) is 24.9 Å². The smallest absolute Gasteiger partial charge is 0.335 e. The Bertz CT molecular complexity index is 678. The van der Waals surface area contributed by atoms with Crippen LogP contribution in [0.2, 0.25) is 0 Å². The van der Waals surface area contributed by atoms with E-state index in [4.69, 9.17) is 0 Å². The lowest BCUT2D eigenvalue weighted by molar-refractivity contribution is -0.145. The number of aliphatic hydroxyl groups is 2. The molecule has 0 unspecified atom stereocenters. The number of carbonyl (C=O) groups is 2. The van der Waals surface area contributed by atoms with Crippen molar-refractivity contribution in [3.05, 3.63) is 36.0 Å². The Morgan fingerprint density at radius 3 is 2.56 bits per heavy atom. The fourth-order valence-electron chi connectivity index (χ4n) is 5.06. The molecule has 6 heteroatoms. The molecule has 2 aliphatic rings. The van der Waals surface area contributed by atoms with Gasteiger partial charge in [-0.1, -0.05) is 38.2 Å². The monoisotopic (exact) mass is 378 g/mol. The quantitative estimate of drug-likeness (QED) is 0.294. The first-order valence-electron chi connectivity index (χ1n) is 9.28. The molecule has 0 aromatic rings. The molecule has 5 atom stereocenters. The number of methoxy groups -OCH3 is 1. The summed E-state index contributed by atoms with van der Waals surface area (Å²) in [6.07, 6.45) is 6.53. The number of ether oxygens (including phenoxy) is 1. The molecule has 27 heavy (non-hydrogen) atoms. The molecule has 3 N–H and O–H groups in total. The summed E-state index contributed by atoms with van der Waals surface area (Å²) in [7, 11) is 1.19. The summed E-state index contributed by atoms with van der Waals surface area (Å²) in [5.74, 6) is -1.96. The third-order valence-corrected chi connectivity index (χ3v) is 6.74. The summed E-state index contributed by atoms with van der Waals surface area (Å²) in [5, 5.41) is 29.9. The van der Waals surface area contributed by atoms with Crippen LogP contribution in [0.25, 0.3) is 0 Å². The highest BCUT2D eigenvalue weighted by Gasteiger charge is 2.57. The SMILES string of the molecule is C=C1CC[C@@H]2[C@](C)(CO)[C@H](O)CC[C@@]2(C)[C@@H]1/C=C/C(=C/C(=O)OC)C(=O)O. The third-order valence-electron chi connectivity index (χ3n) is 6.74. The number of carbonyl (C=O) groups excluding carboxylic acids is 1. The number of carboxylic acid groups (broad SMARTS) is 1. The van der Waals surface area contributed by atoms with Gasteiger partial charge in [-0.25, -0.2) is 9.59 Å². The number of hydrogen-bond acceptors (Lipinski definition) is 5. The molecule has 0 aromatic heterocycles. The summed E-state index contributed by atoms with van der Waals surface area (Å²) in [5.41, 5.74) is -0.0000548. The third kappa shape index (κ3) is 3.87. The number of aliphatic hydroxyl groups excluding tert-OH is 2. The van der Waals surface area contributed by atoms with Crippen LogP contribution >= 0.6 is 0 Å². The highest BCUT2D eigenvalue weighted by molar-refractivity contribution is 5.97. The molecule has 2 aliphatic carbocycles. The minimum absolute atomic E-state index is 0.0803. The summed E-state index contributed by atoms with van der Waals surface area (Å²) in [4.78, 5) is 22.9. The van der Waals surface area contributed by atoms with E-state index in [0.29, 0.717) is 6.42 Å². The van der Waals surface area contributed by atoms with Crippen molar-refractivity contribution < 1.29 is 29.6 Å². The van der Waals surface area contributed by atoms with Crippen LogP contribution in [0.5, 0.6) is 0 Å². The van der Waals surface area contributed by atoms with Crippen LogP contribution in [-0.2, 0) is 14.3 Å². The Morgan fingerprint density at radius 2 is 2.00 bits per heavy atom. The Kier molecular flexibility index (Phi) is 6.32. The van der Waals surface area contributed by atoms with Gasteiger partial charge in [0, 0.05) is 17.4 Å². The van der Waals surface area contributed by atoms with E-state index < -0.39 is 23.5 Å². The maximum Gasteiger partial charge on any atom is 0.335 e. The lowest BCUT2D eigenvalue weighted by Crippen LogP contribution is -2.57. The van der Waals surface area contributed by atoms with Crippen molar-refractivity contribution in [2.75, 3.05) is 13.7 Å². The fourth-order valence-corrected chi connectivity index (χ4v) is 5.06. The molecule has 0 saturated heterocycles. The van der Waals surface area contributed by atoms with Gasteiger partial charge < -0.3 is 20.1 Å². The first-order valence-corrected chi connectivity index (χ1v) is 9.28. The molecular formula is C21H30O6. The van der Waals surface area contributed by atoms with Crippen LogP contribution in [0.4, 0.5) is 0 Å². The van der Waals surface area contributed by atoms with Gasteiger partial charge in [-0.15, -0.1) is 0 Å². The number of aliphatic carboxylic acids is 1. The highest BCUT2D eigenvalue weighted by Crippen LogP contribution is 2.61. The minimum atomic E-state index is -1.21. The second kappa shape index (κ2) is 7.98. The molecule has 0 bridgehead atoms. The van der Waals surface area contributed by atoms with Crippen molar-refractivity contribution in [1.29, 1.82) is 0 Å². The molecule has 0 aliphatic heterocycles. The van der Waals surface area contributed by atoms with Crippen LogP contribution in [-0.4, -0.2) is 47.1 Å². The van der Waals surface area contributed by atoms with Crippen molar-refractivity contribution in [2.24, 2.45) is 22.7 Å². The number of esters is 1. The Balaban J connectivity index is 2.40. The molecule has 6 nitrogen and oxygen atoms in total. The van der Waals surface area contributed by atoms with Gasteiger partial charge in [-0.3, -0.25) is 0 Å². The Labute approximate surface area is 160 Å². The molecule has 0 spiro atoms. The summed E-state index contributed by atoms with van der Waals surface area (Å²) in [6.45, 7) is 8.14. The van der Waals surface area contributed by atoms with E-state index in [2.05, 4.69) is 18.2 Å². The number of carboxylic acids is 1. The normalized spacial score (nSPS) is 37.1. The second-order valence-corrected chi connectivity index (χ2v) is 8.24. The van der Waals surface area contributed by atoms with Gasteiger partial charge in [0.15, 0.2) is 0 Å². The van der Waals surface area contributed by atoms with Gasteiger partial charge in [0.25, 0.3) is 0 Å². The fraction of sp³-hybridized carbons (Fsp3) is 0.619. The highest BCUT2D eigenvalue weighted by atomic mass is 16.5.